The molecule has 1 aliphatic carbocycles. The van der Waals surface area contributed by atoms with E-state index >= 15 is 0 Å². The Morgan fingerprint density at radius 2 is 2.20 bits per heavy atom. The SMILES string of the molecule is CCCC1=C(O)C(=O)CC1. The Bertz CT molecular complexity index is 180. The number of Topliss-reactive ketones (excluding diaryl/α,β-unsaturated/α-hetero) is 1. The summed E-state index contributed by atoms with van der Waals surface area (Å²) >= 11 is 0. The summed E-state index contributed by atoms with van der Waals surface area (Å²) in [6.07, 6.45) is 3.17. The molecule has 1 N–H and O–H groups in total. The van der Waals surface area contributed by atoms with Crippen molar-refractivity contribution in [3.63, 3.8) is 0 Å². The highest BCUT2D eigenvalue weighted by molar-refractivity contribution is 5.96. The van der Waals surface area contributed by atoms with Crippen LogP contribution in [0.25, 0.3) is 0 Å². The van der Waals surface area contributed by atoms with Crippen molar-refractivity contribution in [2.24, 2.45) is 0 Å². The van der Waals surface area contributed by atoms with Gasteiger partial charge in [-0.15, -0.1) is 0 Å². The Hall–Kier alpha value is -0.790. The number of aliphatic hydroxyl groups excluding tert-OH is 1. The van der Waals surface area contributed by atoms with E-state index < -0.39 is 0 Å². The molecule has 0 fully saturated rings. The van der Waals surface area contributed by atoms with E-state index in [2.05, 4.69) is 0 Å². The van der Waals surface area contributed by atoms with Crippen LogP contribution in [0.3, 0.4) is 0 Å². The molecule has 0 amide bonds. The minimum atomic E-state index is -0.0801. The second kappa shape index (κ2) is 2.86. The number of ketones is 1. The molecule has 10 heavy (non-hydrogen) atoms. The Labute approximate surface area is 60.6 Å². The highest BCUT2D eigenvalue weighted by Crippen LogP contribution is 2.24. The van der Waals surface area contributed by atoms with Gasteiger partial charge in [-0.05, 0) is 18.4 Å². The normalized spacial score (nSPS) is 18.7. The fraction of sp³-hybridized carbons (Fsp3) is 0.625. The summed E-state index contributed by atoms with van der Waals surface area (Å²) in [5.74, 6) is -0.0368. The predicted molar refractivity (Wildman–Crippen MR) is 38.8 cm³/mol. The average Bonchev–Trinajstić information content (AvgIpc) is 2.20. The number of hydrogen-bond donors (Lipinski definition) is 1. The first-order chi connectivity index (χ1) is 4.75. The highest BCUT2D eigenvalue weighted by atomic mass is 16.3. The van der Waals surface area contributed by atoms with Crippen molar-refractivity contribution >= 4 is 5.78 Å². The molecule has 0 aliphatic heterocycles. The molecule has 2 heteroatoms. The van der Waals surface area contributed by atoms with Crippen molar-refractivity contribution < 1.29 is 9.90 Å². The van der Waals surface area contributed by atoms with Gasteiger partial charge in [-0.1, -0.05) is 13.3 Å². The standard InChI is InChI=1S/C8H12O2/c1-2-3-6-4-5-7(9)8(6)10/h10H,2-5H2,1H3. The number of carbonyl (C=O) groups is 1. The van der Waals surface area contributed by atoms with Crippen LogP contribution in [0.2, 0.25) is 0 Å². The van der Waals surface area contributed by atoms with Gasteiger partial charge in [-0.2, -0.15) is 0 Å². The second-order valence-electron chi connectivity index (χ2n) is 2.63. The third kappa shape index (κ3) is 1.20. The van der Waals surface area contributed by atoms with Gasteiger partial charge in [0.05, 0.1) is 0 Å². The molecule has 2 nitrogen and oxygen atoms in total. The van der Waals surface area contributed by atoms with Crippen LogP contribution in [0.15, 0.2) is 11.3 Å². The topological polar surface area (TPSA) is 37.3 Å². The van der Waals surface area contributed by atoms with Gasteiger partial charge < -0.3 is 5.11 Å². The number of hydrogen-bond acceptors (Lipinski definition) is 2. The summed E-state index contributed by atoms with van der Waals surface area (Å²) < 4.78 is 0. The van der Waals surface area contributed by atoms with E-state index in [1.54, 1.807) is 0 Å². The Balaban J connectivity index is 2.65. The van der Waals surface area contributed by atoms with E-state index in [9.17, 15) is 4.79 Å². The van der Waals surface area contributed by atoms with Crippen LogP contribution < -0.4 is 0 Å². The molecule has 0 aromatic rings. The van der Waals surface area contributed by atoms with Gasteiger partial charge in [0.2, 0.25) is 0 Å². The summed E-state index contributed by atoms with van der Waals surface area (Å²) in [7, 11) is 0. The molecule has 0 unspecified atom stereocenters. The lowest BCUT2D eigenvalue weighted by Gasteiger charge is -1.95. The van der Waals surface area contributed by atoms with Crippen molar-refractivity contribution in [2.75, 3.05) is 0 Å². The first kappa shape index (κ1) is 7.32. The molecule has 0 heterocycles. The van der Waals surface area contributed by atoms with Gasteiger partial charge in [-0.25, -0.2) is 0 Å². The van der Waals surface area contributed by atoms with Gasteiger partial charge in [-0.3, -0.25) is 4.79 Å². The third-order valence-electron chi connectivity index (χ3n) is 1.80. The maximum atomic E-state index is 10.8. The lowest BCUT2D eigenvalue weighted by molar-refractivity contribution is -0.117. The van der Waals surface area contributed by atoms with Gasteiger partial charge in [0.15, 0.2) is 11.5 Å². The zero-order chi connectivity index (χ0) is 7.56. The van der Waals surface area contributed by atoms with Crippen LogP contribution in [0, 0.1) is 0 Å². The smallest absolute Gasteiger partial charge is 0.197 e. The molecule has 1 aliphatic rings. The molecule has 0 aromatic heterocycles. The monoisotopic (exact) mass is 140 g/mol. The number of aliphatic hydroxyl groups is 1. The fourth-order valence-corrected chi connectivity index (χ4v) is 1.24. The summed E-state index contributed by atoms with van der Waals surface area (Å²) in [6.45, 7) is 2.04. The van der Waals surface area contributed by atoms with Crippen LogP contribution in [0.1, 0.15) is 32.6 Å². The van der Waals surface area contributed by atoms with Crippen molar-refractivity contribution in [1.29, 1.82) is 0 Å². The van der Waals surface area contributed by atoms with E-state index in [1.165, 1.54) is 0 Å². The molecule has 56 valence electrons. The molecule has 0 radical (unpaired) electrons. The van der Waals surface area contributed by atoms with Crippen LogP contribution >= 0.6 is 0 Å². The van der Waals surface area contributed by atoms with Crippen LogP contribution in [0.4, 0.5) is 0 Å². The van der Waals surface area contributed by atoms with Gasteiger partial charge in [0, 0.05) is 6.42 Å². The van der Waals surface area contributed by atoms with E-state index in [0.29, 0.717) is 6.42 Å². The van der Waals surface area contributed by atoms with Gasteiger partial charge in [0.25, 0.3) is 0 Å². The molecular weight excluding hydrogens is 128 g/mol. The molecule has 0 aromatic carbocycles. The zero-order valence-corrected chi connectivity index (χ0v) is 6.18. The molecule has 0 bridgehead atoms. The first-order valence-corrected chi connectivity index (χ1v) is 3.70. The van der Waals surface area contributed by atoms with Crippen molar-refractivity contribution in [1.82, 2.24) is 0 Å². The maximum Gasteiger partial charge on any atom is 0.197 e. The van der Waals surface area contributed by atoms with E-state index in [4.69, 9.17) is 5.11 Å². The van der Waals surface area contributed by atoms with E-state index in [-0.39, 0.29) is 11.5 Å². The zero-order valence-electron chi connectivity index (χ0n) is 6.18. The number of carbonyl (C=O) groups excluding carboxylic acids is 1. The first-order valence-electron chi connectivity index (χ1n) is 3.70. The third-order valence-corrected chi connectivity index (χ3v) is 1.80. The lowest BCUT2D eigenvalue weighted by atomic mass is 10.1. The molecule has 1 rings (SSSR count). The minimum Gasteiger partial charge on any atom is -0.504 e. The second-order valence-corrected chi connectivity index (χ2v) is 2.63. The molecule has 0 saturated carbocycles. The minimum absolute atomic E-state index is 0.0434. The van der Waals surface area contributed by atoms with Crippen molar-refractivity contribution in [3.05, 3.63) is 11.3 Å². The molecular formula is C8H12O2. The largest absolute Gasteiger partial charge is 0.504 e. The molecule has 0 saturated heterocycles. The van der Waals surface area contributed by atoms with Crippen molar-refractivity contribution in [2.45, 2.75) is 32.6 Å². The number of rotatable bonds is 2. The maximum absolute atomic E-state index is 10.8. The quantitative estimate of drug-likeness (QED) is 0.636. The fourth-order valence-electron chi connectivity index (χ4n) is 1.24. The Morgan fingerprint density at radius 1 is 1.50 bits per heavy atom. The summed E-state index contributed by atoms with van der Waals surface area (Å²) in [6, 6.07) is 0. The summed E-state index contributed by atoms with van der Waals surface area (Å²) in [4.78, 5) is 10.8. The van der Waals surface area contributed by atoms with Gasteiger partial charge in [0.1, 0.15) is 0 Å². The van der Waals surface area contributed by atoms with E-state index in [0.717, 1.165) is 24.8 Å². The predicted octanol–water partition coefficient (Wildman–Crippen LogP) is 1.96. The lowest BCUT2D eigenvalue weighted by Crippen LogP contribution is -1.93. The summed E-state index contributed by atoms with van der Waals surface area (Å²) in [5.41, 5.74) is 0.951. The molecule has 0 spiro atoms. The molecule has 0 atom stereocenters. The van der Waals surface area contributed by atoms with Crippen LogP contribution in [0.5, 0.6) is 0 Å². The van der Waals surface area contributed by atoms with Crippen LogP contribution in [-0.2, 0) is 4.79 Å². The van der Waals surface area contributed by atoms with Gasteiger partial charge >= 0.3 is 0 Å². The number of allylic oxidation sites excluding steroid dienone is 2. The average molecular weight is 140 g/mol. The van der Waals surface area contributed by atoms with Crippen molar-refractivity contribution in [3.8, 4) is 0 Å². The Morgan fingerprint density at radius 3 is 2.60 bits per heavy atom. The van der Waals surface area contributed by atoms with Crippen LogP contribution in [-0.4, -0.2) is 10.9 Å². The van der Waals surface area contributed by atoms with E-state index in [1.807, 2.05) is 6.92 Å². The highest BCUT2D eigenvalue weighted by Gasteiger charge is 2.20. The summed E-state index contributed by atoms with van der Waals surface area (Å²) in [5, 5.41) is 9.12. The Kier molecular flexibility index (Phi) is 2.10.